The molecule has 1 aliphatic heterocycles. The Morgan fingerprint density at radius 1 is 1.15 bits per heavy atom. The van der Waals surface area contributed by atoms with Crippen LogP contribution in [0.4, 0.5) is 5.00 Å². The van der Waals surface area contributed by atoms with Gasteiger partial charge in [-0.2, -0.15) is 0 Å². The normalized spacial score (nSPS) is 12.8. The fourth-order valence-corrected chi connectivity index (χ4v) is 3.88. The van der Waals surface area contributed by atoms with Crippen molar-refractivity contribution >= 4 is 53.3 Å². The lowest BCUT2D eigenvalue weighted by Gasteiger charge is -2.10. The predicted octanol–water partition coefficient (Wildman–Crippen LogP) is 5.40. The van der Waals surface area contributed by atoms with Gasteiger partial charge in [0, 0.05) is 24.8 Å². The van der Waals surface area contributed by atoms with Crippen molar-refractivity contribution in [2.45, 2.75) is 26.3 Å². The maximum atomic E-state index is 4.79. The molecule has 0 radical (unpaired) electrons. The summed E-state index contributed by atoms with van der Waals surface area (Å²) in [6.07, 6.45) is 8.48. The Labute approximate surface area is 170 Å². The highest BCUT2D eigenvalue weighted by Gasteiger charge is 2.13. The average molecular weight is 409 g/mol. The first kappa shape index (κ1) is 20.5. The van der Waals surface area contributed by atoms with Gasteiger partial charge in [-0.1, -0.05) is 41.7 Å². The van der Waals surface area contributed by atoms with Crippen LogP contribution in [-0.4, -0.2) is 21.1 Å². The molecule has 3 heterocycles. The molecule has 0 fully saturated rings. The molecule has 0 saturated carbocycles. The molecule has 1 aromatic carbocycles. The first-order valence-electron chi connectivity index (χ1n) is 8.37. The highest BCUT2D eigenvalue weighted by Crippen LogP contribution is 2.29. The number of thiazole rings is 1. The van der Waals surface area contributed by atoms with Gasteiger partial charge in [0.05, 0.1) is 11.4 Å². The molecule has 26 heavy (non-hydrogen) atoms. The summed E-state index contributed by atoms with van der Waals surface area (Å²) in [6, 6.07) is 10.3. The molecule has 4 nitrogen and oxygen atoms in total. The molecule has 0 bridgehead atoms. The number of anilines is 1. The van der Waals surface area contributed by atoms with Crippen molar-refractivity contribution in [3.63, 3.8) is 0 Å². The molecule has 138 valence electrons. The van der Waals surface area contributed by atoms with Crippen molar-refractivity contribution in [2.24, 2.45) is 0 Å². The second-order valence-electron chi connectivity index (χ2n) is 5.83. The van der Waals surface area contributed by atoms with Crippen LogP contribution in [0.1, 0.15) is 29.7 Å². The van der Waals surface area contributed by atoms with Gasteiger partial charge >= 0.3 is 0 Å². The molecule has 0 atom stereocenters. The summed E-state index contributed by atoms with van der Waals surface area (Å²) in [7, 11) is 0. The number of nitrogens with zero attached hydrogens (tertiary/aromatic N) is 3. The van der Waals surface area contributed by atoms with Crippen molar-refractivity contribution in [1.29, 1.82) is 0 Å². The smallest absolute Gasteiger partial charge is 0.140 e. The lowest BCUT2D eigenvalue weighted by Crippen LogP contribution is -2.09. The van der Waals surface area contributed by atoms with Gasteiger partial charge in [0.25, 0.3) is 0 Å². The van der Waals surface area contributed by atoms with Crippen LogP contribution in [0.25, 0.3) is 23.5 Å². The maximum absolute atomic E-state index is 4.79. The first-order chi connectivity index (χ1) is 11.8. The predicted molar refractivity (Wildman–Crippen MR) is 116 cm³/mol. The van der Waals surface area contributed by atoms with E-state index in [9.17, 15) is 0 Å². The van der Waals surface area contributed by atoms with E-state index in [0.29, 0.717) is 0 Å². The molecular weight excluding hydrogens is 387 g/mol. The summed E-state index contributed by atoms with van der Waals surface area (Å²) in [4.78, 5) is 9.49. The molecule has 1 N–H and O–H groups in total. The third-order valence-electron chi connectivity index (χ3n) is 4.15. The number of benzene rings is 1. The molecule has 0 aliphatic carbocycles. The largest absolute Gasteiger partial charge is 0.375 e. The molecule has 0 spiro atoms. The Hall–Kier alpha value is -1.82. The third kappa shape index (κ3) is 4.29. The van der Waals surface area contributed by atoms with E-state index in [1.807, 2.05) is 18.2 Å². The zero-order valence-electron chi connectivity index (χ0n) is 14.5. The topological polar surface area (TPSA) is 42.7 Å². The maximum Gasteiger partial charge on any atom is 0.140 e. The van der Waals surface area contributed by atoms with E-state index >= 15 is 0 Å². The highest BCUT2D eigenvalue weighted by molar-refractivity contribution is 7.16. The van der Waals surface area contributed by atoms with Gasteiger partial charge in [0.15, 0.2) is 0 Å². The lowest BCUT2D eigenvalue weighted by molar-refractivity contribution is 0.770. The fraction of sp³-hybridized carbons (Fsp3) is 0.263. The van der Waals surface area contributed by atoms with Gasteiger partial charge in [0.1, 0.15) is 15.8 Å². The Balaban J connectivity index is 0.00000121. The van der Waals surface area contributed by atoms with Crippen LogP contribution in [0.3, 0.4) is 0 Å². The highest BCUT2D eigenvalue weighted by atomic mass is 35.5. The first-order valence-corrected chi connectivity index (χ1v) is 9.19. The number of halogens is 2. The van der Waals surface area contributed by atoms with Crippen LogP contribution in [0.15, 0.2) is 36.5 Å². The summed E-state index contributed by atoms with van der Waals surface area (Å²) in [6.45, 7) is 4.10. The van der Waals surface area contributed by atoms with Gasteiger partial charge in [-0.3, -0.25) is 0 Å². The molecule has 4 rings (SSSR count). The number of nitrogens with one attached hydrogen (secondary N) is 1. The molecular formula is C19H22Cl2N4S. The van der Waals surface area contributed by atoms with Crippen molar-refractivity contribution in [3.8, 4) is 11.4 Å². The van der Waals surface area contributed by atoms with Crippen molar-refractivity contribution < 1.29 is 0 Å². The number of rotatable bonds is 4. The SMILES string of the molecule is CCn1cc(C=Cc2nc3c(s2)NCCC3)nc1-c1ccccc1.Cl.Cl. The molecule has 0 unspecified atom stereocenters. The van der Waals surface area contributed by atoms with Crippen molar-refractivity contribution in [2.75, 3.05) is 11.9 Å². The van der Waals surface area contributed by atoms with Crippen LogP contribution < -0.4 is 5.32 Å². The molecule has 0 amide bonds. The molecule has 3 aromatic rings. The van der Waals surface area contributed by atoms with E-state index < -0.39 is 0 Å². The van der Waals surface area contributed by atoms with E-state index in [4.69, 9.17) is 9.97 Å². The minimum atomic E-state index is 0. The summed E-state index contributed by atoms with van der Waals surface area (Å²) in [5.41, 5.74) is 3.32. The molecule has 7 heteroatoms. The lowest BCUT2D eigenvalue weighted by atomic mass is 10.2. The second-order valence-corrected chi connectivity index (χ2v) is 6.86. The summed E-state index contributed by atoms with van der Waals surface area (Å²) < 4.78 is 2.18. The van der Waals surface area contributed by atoms with Crippen LogP contribution in [-0.2, 0) is 13.0 Å². The van der Waals surface area contributed by atoms with E-state index in [-0.39, 0.29) is 24.8 Å². The third-order valence-corrected chi connectivity index (χ3v) is 5.17. The van der Waals surface area contributed by atoms with Crippen LogP contribution in [0.2, 0.25) is 0 Å². The zero-order valence-corrected chi connectivity index (χ0v) is 17.0. The monoisotopic (exact) mass is 408 g/mol. The molecule has 0 saturated heterocycles. The number of fused-ring (bicyclic) bond motifs is 1. The molecule has 1 aliphatic rings. The van der Waals surface area contributed by atoms with Gasteiger partial charge in [0.2, 0.25) is 0 Å². The summed E-state index contributed by atoms with van der Waals surface area (Å²) >= 11 is 1.72. The number of aromatic nitrogens is 3. The summed E-state index contributed by atoms with van der Waals surface area (Å²) in [5, 5.41) is 5.70. The average Bonchev–Trinajstić information content (AvgIpc) is 3.24. The standard InChI is InChI=1S/C19H20N4S.2ClH/c1-2-23-13-15(21-18(23)14-7-4-3-5-8-14)10-11-17-22-16-9-6-12-20-19(16)24-17;;/h3-5,7-8,10-11,13,20H,2,6,9,12H2,1H3;2*1H. The van der Waals surface area contributed by atoms with Crippen LogP contribution in [0, 0.1) is 0 Å². The van der Waals surface area contributed by atoms with Gasteiger partial charge in [-0.15, -0.1) is 24.8 Å². The Kier molecular flexibility index (Phi) is 7.26. The minimum Gasteiger partial charge on any atom is -0.375 e. The Morgan fingerprint density at radius 3 is 2.69 bits per heavy atom. The van der Waals surface area contributed by atoms with Crippen molar-refractivity contribution in [3.05, 3.63) is 52.9 Å². The van der Waals surface area contributed by atoms with Crippen molar-refractivity contribution in [1.82, 2.24) is 14.5 Å². The number of hydrogen-bond acceptors (Lipinski definition) is 4. The fourth-order valence-electron chi connectivity index (χ4n) is 2.94. The Morgan fingerprint density at radius 2 is 1.96 bits per heavy atom. The second kappa shape index (κ2) is 9.21. The quantitative estimate of drug-likeness (QED) is 0.628. The summed E-state index contributed by atoms with van der Waals surface area (Å²) in [5.74, 6) is 1.01. The Bertz CT molecular complexity index is 848. The van der Waals surface area contributed by atoms with E-state index in [0.717, 1.165) is 41.6 Å². The zero-order chi connectivity index (χ0) is 16.4. The van der Waals surface area contributed by atoms with E-state index in [1.54, 1.807) is 11.3 Å². The minimum absolute atomic E-state index is 0. The number of aryl methyl sites for hydroxylation is 2. The van der Waals surface area contributed by atoms with Gasteiger partial charge in [-0.25, -0.2) is 9.97 Å². The van der Waals surface area contributed by atoms with Crippen LogP contribution in [0.5, 0.6) is 0 Å². The van der Waals surface area contributed by atoms with Crippen LogP contribution >= 0.6 is 36.2 Å². The van der Waals surface area contributed by atoms with Gasteiger partial charge in [-0.05, 0) is 31.9 Å². The van der Waals surface area contributed by atoms with E-state index in [1.165, 1.54) is 17.1 Å². The van der Waals surface area contributed by atoms with E-state index in [2.05, 4.69) is 47.3 Å². The molecule has 2 aromatic heterocycles. The van der Waals surface area contributed by atoms with Gasteiger partial charge < -0.3 is 9.88 Å². The number of hydrogen-bond donors (Lipinski definition) is 1. The number of imidazole rings is 1.